The number of piperidine rings is 1. The smallest absolute Gasteiger partial charge is 0.0176 e. The van der Waals surface area contributed by atoms with Crippen molar-refractivity contribution in [2.45, 2.75) is 25.0 Å². The molecule has 0 aromatic heterocycles. The largest absolute Gasteiger partial charge is 0.316 e. The predicted octanol–water partition coefficient (Wildman–Crippen LogP) is 2.05. The Morgan fingerprint density at radius 1 is 1.73 bits per heavy atom. The maximum Gasteiger partial charge on any atom is 0.0176 e. The molecular formula is C9H17NS. The van der Waals surface area contributed by atoms with Crippen molar-refractivity contribution in [2.75, 3.05) is 18.8 Å². The van der Waals surface area contributed by atoms with Gasteiger partial charge in [-0.3, -0.25) is 0 Å². The molecule has 64 valence electrons. The lowest BCUT2D eigenvalue weighted by Crippen LogP contribution is -2.31. The average molecular weight is 171 g/mol. The van der Waals surface area contributed by atoms with Gasteiger partial charge in [-0.25, -0.2) is 0 Å². The fourth-order valence-corrected chi connectivity index (χ4v) is 2.31. The van der Waals surface area contributed by atoms with Crippen LogP contribution in [0.25, 0.3) is 0 Å². The van der Waals surface area contributed by atoms with E-state index in [1.54, 1.807) is 0 Å². The molecule has 0 bridgehead atoms. The van der Waals surface area contributed by atoms with Gasteiger partial charge in [0.05, 0.1) is 0 Å². The Labute approximate surface area is 73.6 Å². The van der Waals surface area contributed by atoms with Crippen LogP contribution < -0.4 is 5.32 Å². The third-order valence-corrected chi connectivity index (χ3v) is 3.35. The monoisotopic (exact) mass is 171 g/mol. The highest BCUT2D eigenvalue weighted by atomic mass is 32.2. The SMILES string of the molecule is C=C(C)CSC1CCCNC1. The topological polar surface area (TPSA) is 12.0 Å². The van der Waals surface area contributed by atoms with Crippen LogP contribution >= 0.6 is 11.8 Å². The number of thioether (sulfide) groups is 1. The van der Waals surface area contributed by atoms with Crippen molar-refractivity contribution in [2.24, 2.45) is 0 Å². The molecule has 1 saturated heterocycles. The second-order valence-corrected chi connectivity index (χ2v) is 4.53. The number of hydrogen-bond acceptors (Lipinski definition) is 2. The van der Waals surface area contributed by atoms with E-state index < -0.39 is 0 Å². The van der Waals surface area contributed by atoms with Crippen LogP contribution in [-0.4, -0.2) is 24.1 Å². The van der Waals surface area contributed by atoms with Gasteiger partial charge in [0.1, 0.15) is 0 Å². The Hall–Kier alpha value is 0.0500. The molecule has 1 aliphatic rings. The van der Waals surface area contributed by atoms with E-state index in [0.29, 0.717) is 0 Å². The van der Waals surface area contributed by atoms with Crippen molar-refractivity contribution in [1.29, 1.82) is 0 Å². The Balaban J connectivity index is 2.09. The highest BCUT2D eigenvalue weighted by Gasteiger charge is 2.12. The van der Waals surface area contributed by atoms with Gasteiger partial charge in [-0.05, 0) is 26.3 Å². The third-order valence-electron chi connectivity index (χ3n) is 1.82. The summed E-state index contributed by atoms with van der Waals surface area (Å²) in [5.41, 5.74) is 1.29. The quantitative estimate of drug-likeness (QED) is 0.652. The maximum atomic E-state index is 3.90. The minimum absolute atomic E-state index is 0.834. The van der Waals surface area contributed by atoms with Crippen LogP contribution in [0.2, 0.25) is 0 Å². The molecule has 1 rings (SSSR count). The van der Waals surface area contributed by atoms with E-state index in [2.05, 4.69) is 18.8 Å². The lowest BCUT2D eigenvalue weighted by molar-refractivity contribution is 0.531. The lowest BCUT2D eigenvalue weighted by Gasteiger charge is -2.21. The van der Waals surface area contributed by atoms with Crippen LogP contribution in [0, 0.1) is 0 Å². The van der Waals surface area contributed by atoms with Crippen molar-refractivity contribution in [3.05, 3.63) is 12.2 Å². The van der Waals surface area contributed by atoms with Crippen LogP contribution in [0.5, 0.6) is 0 Å². The standard InChI is InChI=1S/C9H17NS/c1-8(2)7-11-9-4-3-5-10-6-9/h9-10H,1,3-7H2,2H3. The number of rotatable bonds is 3. The molecule has 1 nitrogen and oxygen atoms in total. The van der Waals surface area contributed by atoms with Crippen LogP contribution in [0.1, 0.15) is 19.8 Å². The first-order valence-electron chi connectivity index (χ1n) is 4.26. The molecule has 0 aliphatic carbocycles. The number of hydrogen-bond donors (Lipinski definition) is 1. The van der Waals surface area contributed by atoms with Gasteiger partial charge in [-0.15, -0.1) is 0 Å². The Morgan fingerprint density at radius 2 is 2.55 bits per heavy atom. The van der Waals surface area contributed by atoms with Crippen LogP contribution in [0.15, 0.2) is 12.2 Å². The van der Waals surface area contributed by atoms with E-state index in [0.717, 1.165) is 11.0 Å². The summed E-state index contributed by atoms with van der Waals surface area (Å²) >= 11 is 2.04. The van der Waals surface area contributed by atoms with Crippen molar-refractivity contribution in [3.8, 4) is 0 Å². The molecule has 2 heteroatoms. The molecule has 11 heavy (non-hydrogen) atoms. The molecule has 1 heterocycles. The summed E-state index contributed by atoms with van der Waals surface area (Å²) in [6, 6.07) is 0. The van der Waals surface area contributed by atoms with Crippen molar-refractivity contribution in [1.82, 2.24) is 5.32 Å². The fourth-order valence-electron chi connectivity index (χ4n) is 1.22. The summed E-state index contributed by atoms with van der Waals surface area (Å²) in [6.45, 7) is 8.40. The molecule has 0 aromatic rings. The van der Waals surface area contributed by atoms with E-state index in [9.17, 15) is 0 Å². The molecule has 0 spiro atoms. The summed E-state index contributed by atoms with van der Waals surface area (Å²) in [5.74, 6) is 1.13. The zero-order valence-corrected chi connectivity index (χ0v) is 8.04. The molecule has 1 atom stereocenters. The van der Waals surface area contributed by atoms with Crippen molar-refractivity contribution in [3.63, 3.8) is 0 Å². The van der Waals surface area contributed by atoms with Gasteiger partial charge in [0.15, 0.2) is 0 Å². The first-order valence-corrected chi connectivity index (χ1v) is 5.30. The minimum atomic E-state index is 0.834. The van der Waals surface area contributed by atoms with Gasteiger partial charge in [0.2, 0.25) is 0 Å². The zero-order valence-electron chi connectivity index (χ0n) is 7.23. The summed E-state index contributed by atoms with van der Waals surface area (Å²) < 4.78 is 0. The van der Waals surface area contributed by atoms with Gasteiger partial charge in [-0.2, -0.15) is 11.8 Å². The first-order chi connectivity index (χ1) is 5.29. The second-order valence-electron chi connectivity index (χ2n) is 3.24. The Morgan fingerprint density at radius 3 is 3.09 bits per heavy atom. The van der Waals surface area contributed by atoms with Crippen molar-refractivity contribution < 1.29 is 0 Å². The maximum absolute atomic E-state index is 3.90. The molecular weight excluding hydrogens is 154 g/mol. The lowest BCUT2D eigenvalue weighted by atomic mass is 10.2. The average Bonchev–Trinajstić information content (AvgIpc) is 2.03. The van der Waals surface area contributed by atoms with Gasteiger partial charge >= 0.3 is 0 Å². The third kappa shape index (κ3) is 3.82. The fraction of sp³-hybridized carbons (Fsp3) is 0.778. The van der Waals surface area contributed by atoms with Gasteiger partial charge in [0, 0.05) is 17.5 Å². The Bertz CT molecular complexity index is 128. The van der Waals surface area contributed by atoms with Crippen molar-refractivity contribution >= 4 is 11.8 Å². The highest BCUT2D eigenvalue weighted by molar-refractivity contribution is 8.00. The molecule has 0 radical (unpaired) electrons. The molecule has 1 fully saturated rings. The normalized spacial score (nSPS) is 25.0. The zero-order chi connectivity index (χ0) is 8.10. The van der Waals surface area contributed by atoms with E-state index in [4.69, 9.17) is 0 Å². The first kappa shape index (κ1) is 9.14. The van der Waals surface area contributed by atoms with Gasteiger partial charge in [0.25, 0.3) is 0 Å². The molecule has 0 aromatic carbocycles. The summed E-state index contributed by atoms with van der Waals surface area (Å²) in [5, 5.41) is 4.24. The second kappa shape index (κ2) is 4.83. The molecule has 1 aliphatic heterocycles. The summed E-state index contributed by atoms with van der Waals surface area (Å²) in [6.07, 6.45) is 2.72. The van der Waals surface area contributed by atoms with Gasteiger partial charge in [-0.1, -0.05) is 12.2 Å². The minimum Gasteiger partial charge on any atom is -0.316 e. The van der Waals surface area contributed by atoms with E-state index in [-0.39, 0.29) is 0 Å². The predicted molar refractivity (Wildman–Crippen MR) is 53.2 cm³/mol. The molecule has 0 amide bonds. The van der Waals surface area contributed by atoms with Crippen LogP contribution in [0.3, 0.4) is 0 Å². The van der Waals surface area contributed by atoms with Crippen LogP contribution in [-0.2, 0) is 0 Å². The molecule has 1 unspecified atom stereocenters. The highest BCUT2D eigenvalue weighted by Crippen LogP contribution is 2.19. The summed E-state index contributed by atoms with van der Waals surface area (Å²) in [7, 11) is 0. The Kier molecular flexibility index (Phi) is 4.02. The van der Waals surface area contributed by atoms with E-state index in [1.165, 1.54) is 31.5 Å². The van der Waals surface area contributed by atoms with E-state index in [1.807, 2.05) is 11.8 Å². The molecule has 1 N–H and O–H groups in total. The number of nitrogens with one attached hydrogen (secondary N) is 1. The van der Waals surface area contributed by atoms with E-state index >= 15 is 0 Å². The molecule has 0 saturated carbocycles. The van der Waals surface area contributed by atoms with Gasteiger partial charge < -0.3 is 5.32 Å². The van der Waals surface area contributed by atoms with Crippen LogP contribution in [0.4, 0.5) is 0 Å². The summed E-state index contributed by atoms with van der Waals surface area (Å²) in [4.78, 5) is 0.